The van der Waals surface area contributed by atoms with Gasteiger partial charge in [-0.25, -0.2) is 0 Å². The lowest BCUT2D eigenvalue weighted by molar-refractivity contribution is -0.121. The Hall–Kier alpha value is -2.51. The average molecular weight is 411 g/mol. The van der Waals surface area contributed by atoms with Crippen molar-refractivity contribution in [3.05, 3.63) is 58.1 Å². The third-order valence-electron chi connectivity index (χ3n) is 5.45. The first kappa shape index (κ1) is 19.8. The van der Waals surface area contributed by atoms with Crippen LogP contribution in [0.1, 0.15) is 35.8 Å². The number of carbonyl (C=O) groups is 1. The maximum absolute atomic E-state index is 12.1. The Bertz CT molecular complexity index is 938. The van der Waals surface area contributed by atoms with Gasteiger partial charge < -0.3 is 14.6 Å². The topological polar surface area (TPSA) is 71.3 Å². The van der Waals surface area contributed by atoms with E-state index < -0.39 is 0 Å². The van der Waals surface area contributed by atoms with Gasteiger partial charge in [0, 0.05) is 43.4 Å². The molecule has 0 aliphatic carbocycles. The molecule has 1 atom stereocenters. The molecule has 152 valence electrons. The first-order valence-electron chi connectivity index (χ1n) is 10.1. The van der Waals surface area contributed by atoms with E-state index in [0.29, 0.717) is 37.1 Å². The number of rotatable bonds is 8. The first-order chi connectivity index (χ1) is 14.2. The number of nitrogens with zero attached hydrogens (tertiary/aromatic N) is 3. The molecule has 3 aromatic rings. The van der Waals surface area contributed by atoms with Crippen LogP contribution in [0.5, 0.6) is 0 Å². The van der Waals surface area contributed by atoms with Gasteiger partial charge in [0.2, 0.25) is 17.7 Å². The molecule has 1 aromatic carbocycles. The van der Waals surface area contributed by atoms with Crippen molar-refractivity contribution in [3.63, 3.8) is 0 Å². The Kier molecular flexibility index (Phi) is 6.36. The number of likely N-dealkylation sites (tertiary alicyclic amines) is 1. The minimum atomic E-state index is 0.0231. The maximum atomic E-state index is 12.1. The van der Waals surface area contributed by atoms with E-state index in [4.69, 9.17) is 4.42 Å². The largest absolute Gasteiger partial charge is 0.421 e. The third kappa shape index (κ3) is 5.10. The van der Waals surface area contributed by atoms with Crippen LogP contribution in [0.3, 0.4) is 0 Å². The summed E-state index contributed by atoms with van der Waals surface area (Å²) in [5, 5.41) is 15.0. The van der Waals surface area contributed by atoms with E-state index >= 15 is 0 Å². The van der Waals surface area contributed by atoms with Crippen molar-refractivity contribution >= 4 is 17.2 Å². The number of nitrogens with one attached hydrogen (secondary N) is 1. The van der Waals surface area contributed by atoms with Gasteiger partial charge in [0.05, 0.1) is 0 Å². The zero-order valence-corrected chi connectivity index (χ0v) is 17.5. The van der Waals surface area contributed by atoms with Crippen LogP contribution in [0.2, 0.25) is 0 Å². The van der Waals surface area contributed by atoms with Crippen LogP contribution in [0.15, 0.2) is 45.5 Å². The van der Waals surface area contributed by atoms with E-state index in [0.717, 1.165) is 25.2 Å². The van der Waals surface area contributed by atoms with E-state index in [2.05, 4.69) is 51.6 Å². The highest BCUT2D eigenvalue weighted by Crippen LogP contribution is 2.28. The molecule has 6 nitrogen and oxygen atoms in total. The Balaban J connectivity index is 1.16. The molecule has 1 aliphatic rings. The number of thiophene rings is 1. The van der Waals surface area contributed by atoms with Crippen molar-refractivity contribution in [1.82, 2.24) is 20.4 Å². The SMILES string of the molecule is Cc1ccccc1C1CCN(CCNC(=O)CCc2nnc(-c3ccsc3)o2)C1. The molecule has 1 saturated heterocycles. The zero-order valence-electron chi connectivity index (χ0n) is 16.6. The standard InChI is InChI=1S/C22H26N4O2S/c1-16-4-2-3-5-19(16)17-8-11-26(14-17)12-10-23-20(27)6-7-21-24-25-22(28-21)18-9-13-29-15-18/h2-5,9,13,15,17H,6-8,10-12,14H2,1H3,(H,23,27). The summed E-state index contributed by atoms with van der Waals surface area (Å²) in [6.07, 6.45) is 2.00. The molecule has 1 unspecified atom stereocenters. The van der Waals surface area contributed by atoms with Gasteiger partial charge in [-0.05, 0) is 48.4 Å². The molecule has 29 heavy (non-hydrogen) atoms. The van der Waals surface area contributed by atoms with E-state index in [-0.39, 0.29) is 5.91 Å². The minimum Gasteiger partial charge on any atom is -0.421 e. The quantitative estimate of drug-likeness (QED) is 0.614. The number of hydrogen-bond acceptors (Lipinski definition) is 6. The highest BCUT2D eigenvalue weighted by Gasteiger charge is 2.24. The molecule has 7 heteroatoms. The van der Waals surface area contributed by atoms with Gasteiger partial charge >= 0.3 is 0 Å². The highest BCUT2D eigenvalue weighted by molar-refractivity contribution is 7.08. The predicted octanol–water partition coefficient (Wildman–Crippen LogP) is 3.64. The molecule has 2 aromatic heterocycles. The smallest absolute Gasteiger partial charge is 0.248 e. The van der Waals surface area contributed by atoms with Crippen LogP contribution in [-0.2, 0) is 11.2 Å². The molecular weight excluding hydrogens is 384 g/mol. The summed E-state index contributed by atoms with van der Waals surface area (Å²) in [6.45, 7) is 5.89. The summed E-state index contributed by atoms with van der Waals surface area (Å²) in [6, 6.07) is 10.6. The fraction of sp³-hybridized carbons (Fsp3) is 0.409. The number of aromatic nitrogens is 2. The molecule has 0 bridgehead atoms. The monoisotopic (exact) mass is 410 g/mol. The summed E-state index contributed by atoms with van der Waals surface area (Å²) in [4.78, 5) is 14.6. The predicted molar refractivity (Wildman–Crippen MR) is 114 cm³/mol. The van der Waals surface area contributed by atoms with Crippen LogP contribution in [0, 0.1) is 6.92 Å². The number of amides is 1. The summed E-state index contributed by atoms with van der Waals surface area (Å²) < 4.78 is 5.62. The second kappa shape index (κ2) is 9.33. The van der Waals surface area contributed by atoms with E-state index in [1.165, 1.54) is 17.5 Å². The van der Waals surface area contributed by atoms with Crippen LogP contribution in [-0.4, -0.2) is 47.2 Å². The normalized spacial score (nSPS) is 16.9. The van der Waals surface area contributed by atoms with Crippen LogP contribution >= 0.6 is 11.3 Å². The molecule has 1 N–H and O–H groups in total. The van der Waals surface area contributed by atoms with E-state index in [1.807, 2.05) is 16.8 Å². The van der Waals surface area contributed by atoms with E-state index in [9.17, 15) is 4.79 Å². The Morgan fingerprint density at radius 2 is 2.21 bits per heavy atom. The average Bonchev–Trinajstić information content (AvgIpc) is 3.48. The molecular formula is C22H26N4O2S. The van der Waals surface area contributed by atoms with Crippen LogP contribution in [0.25, 0.3) is 11.5 Å². The van der Waals surface area contributed by atoms with Gasteiger partial charge in [0.1, 0.15) is 0 Å². The Morgan fingerprint density at radius 3 is 3.03 bits per heavy atom. The molecule has 1 amide bonds. The molecule has 1 aliphatic heterocycles. The number of hydrogen-bond donors (Lipinski definition) is 1. The fourth-order valence-electron chi connectivity index (χ4n) is 3.85. The van der Waals surface area contributed by atoms with Crippen molar-refractivity contribution in [2.45, 2.75) is 32.1 Å². The lowest BCUT2D eigenvalue weighted by Gasteiger charge is -2.17. The molecule has 4 rings (SSSR count). The Morgan fingerprint density at radius 1 is 1.31 bits per heavy atom. The summed E-state index contributed by atoms with van der Waals surface area (Å²) in [5.41, 5.74) is 3.75. The number of benzene rings is 1. The van der Waals surface area contributed by atoms with Crippen molar-refractivity contribution < 1.29 is 9.21 Å². The zero-order chi connectivity index (χ0) is 20.1. The third-order valence-corrected chi connectivity index (χ3v) is 6.13. The van der Waals surface area contributed by atoms with Gasteiger partial charge in [-0.1, -0.05) is 24.3 Å². The van der Waals surface area contributed by atoms with Crippen molar-refractivity contribution in [1.29, 1.82) is 0 Å². The van der Waals surface area contributed by atoms with Crippen LogP contribution in [0.4, 0.5) is 0 Å². The minimum absolute atomic E-state index is 0.0231. The molecule has 0 spiro atoms. The molecule has 3 heterocycles. The van der Waals surface area contributed by atoms with Gasteiger partial charge in [-0.3, -0.25) is 4.79 Å². The number of aryl methyl sites for hydroxylation is 2. The Labute approximate surface area is 175 Å². The summed E-state index contributed by atoms with van der Waals surface area (Å²) in [7, 11) is 0. The van der Waals surface area contributed by atoms with Gasteiger partial charge in [-0.15, -0.1) is 10.2 Å². The van der Waals surface area contributed by atoms with E-state index in [1.54, 1.807) is 11.3 Å². The van der Waals surface area contributed by atoms with Crippen molar-refractivity contribution in [2.24, 2.45) is 0 Å². The number of carbonyl (C=O) groups excluding carboxylic acids is 1. The van der Waals surface area contributed by atoms with Crippen LogP contribution < -0.4 is 5.32 Å². The highest BCUT2D eigenvalue weighted by atomic mass is 32.1. The lowest BCUT2D eigenvalue weighted by Crippen LogP contribution is -2.33. The van der Waals surface area contributed by atoms with Crippen molar-refractivity contribution in [2.75, 3.05) is 26.2 Å². The molecule has 0 radical (unpaired) electrons. The summed E-state index contributed by atoms with van der Waals surface area (Å²) in [5.74, 6) is 1.64. The van der Waals surface area contributed by atoms with Gasteiger partial charge in [0.25, 0.3) is 0 Å². The molecule has 0 saturated carbocycles. The van der Waals surface area contributed by atoms with Gasteiger partial charge in [0.15, 0.2) is 0 Å². The van der Waals surface area contributed by atoms with Crippen molar-refractivity contribution in [3.8, 4) is 11.5 Å². The maximum Gasteiger partial charge on any atom is 0.248 e. The second-order valence-electron chi connectivity index (χ2n) is 7.51. The van der Waals surface area contributed by atoms with Gasteiger partial charge in [-0.2, -0.15) is 11.3 Å². The molecule has 1 fully saturated rings. The summed E-state index contributed by atoms with van der Waals surface area (Å²) >= 11 is 1.58. The lowest BCUT2D eigenvalue weighted by atomic mass is 9.94. The second-order valence-corrected chi connectivity index (χ2v) is 8.29. The first-order valence-corrected chi connectivity index (χ1v) is 11.0. The fourth-order valence-corrected chi connectivity index (χ4v) is 4.48.